The maximum absolute atomic E-state index is 14.9. The zero-order valence-corrected chi connectivity index (χ0v) is 34.0. The number of nitrogens with zero attached hydrogens (tertiary/aromatic N) is 2. The van der Waals surface area contributed by atoms with Crippen molar-refractivity contribution in [1.82, 2.24) is 25.2 Å². The number of sulfonamides is 1. The first-order valence-electron chi connectivity index (χ1n) is 20.7. The predicted molar refractivity (Wildman–Crippen MR) is 210 cm³/mol. The van der Waals surface area contributed by atoms with Gasteiger partial charge in [-0.1, -0.05) is 26.0 Å². The van der Waals surface area contributed by atoms with Gasteiger partial charge in [0.05, 0.1) is 17.9 Å². The summed E-state index contributed by atoms with van der Waals surface area (Å²) in [6, 6.07) is 5.32. The molecule has 0 bridgehead atoms. The molecule has 4 saturated carbocycles. The molecule has 3 heterocycles. The molecule has 1 aromatic carbocycles. The molecule has 2 aromatic rings. The van der Waals surface area contributed by atoms with Gasteiger partial charge in [0, 0.05) is 23.9 Å². The van der Waals surface area contributed by atoms with Crippen LogP contribution in [0.4, 0.5) is 4.79 Å². The molecule has 308 valence electrons. The normalized spacial score (nSPS) is 34.9. The van der Waals surface area contributed by atoms with Crippen molar-refractivity contribution in [1.29, 1.82) is 0 Å². The lowest BCUT2D eigenvalue weighted by Gasteiger charge is -2.33. The molecule has 1 saturated heterocycles. The number of fused-ring (bicyclic) bond motifs is 4. The van der Waals surface area contributed by atoms with Gasteiger partial charge >= 0.3 is 6.09 Å². The van der Waals surface area contributed by atoms with Gasteiger partial charge in [-0.15, -0.1) is 0 Å². The number of hydrogen-bond acceptors (Lipinski definition) is 10. The van der Waals surface area contributed by atoms with E-state index in [-0.39, 0.29) is 37.3 Å². The van der Waals surface area contributed by atoms with E-state index in [0.29, 0.717) is 55.8 Å². The average molecular weight is 806 g/mol. The van der Waals surface area contributed by atoms with Gasteiger partial charge in [0.1, 0.15) is 35.6 Å². The molecule has 3 N–H and O–H groups in total. The van der Waals surface area contributed by atoms with Crippen LogP contribution in [0.3, 0.4) is 0 Å². The van der Waals surface area contributed by atoms with Crippen molar-refractivity contribution in [2.45, 2.75) is 126 Å². The van der Waals surface area contributed by atoms with Gasteiger partial charge in [0.25, 0.3) is 5.91 Å². The minimum Gasteiger partial charge on any atom is -0.494 e. The minimum absolute atomic E-state index is 0.00274. The minimum atomic E-state index is -3.99. The van der Waals surface area contributed by atoms with Crippen LogP contribution in [0.5, 0.6) is 11.6 Å². The molecule has 2 unspecified atom stereocenters. The number of nitrogens with one attached hydrogen (secondary N) is 3. The Bertz CT molecular complexity index is 2060. The highest BCUT2D eigenvalue weighted by molar-refractivity contribution is 7.91. The van der Waals surface area contributed by atoms with Gasteiger partial charge in [-0.3, -0.25) is 19.1 Å². The second-order valence-corrected chi connectivity index (χ2v) is 20.0. The van der Waals surface area contributed by atoms with Crippen LogP contribution in [0.1, 0.15) is 91.9 Å². The summed E-state index contributed by atoms with van der Waals surface area (Å²) < 4.78 is 45.7. The zero-order chi connectivity index (χ0) is 40.3. The summed E-state index contributed by atoms with van der Waals surface area (Å²) in [5.41, 5.74) is -1.52. The molecule has 2 aliphatic heterocycles. The number of rotatable bonds is 9. The number of carbonyl (C=O) groups is 4. The van der Waals surface area contributed by atoms with E-state index in [1.54, 1.807) is 13.1 Å². The fraction of sp³-hybridized carbons (Fsp3) is 0.643. The second kappa shape index (κ2) is 15.1. The molecule has 5 fully saturated rings. The molecule has 6 aliphatic rings. The highest BCUT2D eigenvalue weighted by Crippen LogP contribution is 2.52. The van der Waals surface area contributed by atoms with Crippen LogP contribution >= 0.6 is 0 Å². The number of alkyl carbamates (subject to hydrolysis) is 1. The summed E-state index contributed by atoms with van der Waals surface area (Å²) in [4.78, 5) is 62.8. The van der Waals surface area contributed by atoms with E-state index < -0.39 is 68.2 Å². The molecular weight excluding hydrogens is 751 g/mol. The SMILES string of the molecule is CCOc1ccc2c(O[C@@H]3C[C@H]4C(=O)N[C@]5(C(=O)NS(=O)(=O)C6(C)CC6)CC5/C=C\CC[C@@H](C)C[C@@H](C)[C@H](NC(=O)OC5C[C@@H]6C[C@@H]6C5)C(=O)N4C3)nccc2c1. The molecule has 10 atom stereocenters. The Morgan fingerprint density at radius 3 is 2.54 bits per heavy atom. The van der Waals surface area contributed by atoms with Gasteiger partial charge < -0.3 is 29.7 Å². The van der Waals surface area contributed by atoms with Crippen LogP contribution in [0, 0.1) is 29.6 Å². The van der Waals surface area contributed by atoms with E-state index >= 15 is 0 Å². The summed E-state index contributed by atoms with van der Waals surface area (Å²) in [6.07, 6.45) is 10.1. The summed E-state index contributed by atoms with van der Waals surface area (Å²) in [7, 11) is -3.99. The number of benzene rings is 1. The third-order valence-corrected chi connectivity index (χ3v) is 15.4. The Morgan fingerprint density at radius 1 is 1.04 bits per heavy atom. The van der Waals surface area contributed by atoms with Gasteiger partial charge in [-0.2, -0.15) is 0 Å². The lowest BCUT2D eigenvalue weighted by atomic mass is 9.88. The lowest BCUT2D eigenvalue weighted by Crippen LogP contribution is -2.59. The van der Waals surface area contributed by atoms with Crippen LogP contribution in [-0.4, -0.2) is 89.8 Å². The van der Waals surface area contributed by atoms with Crippen molar-refractivity contribution in [3.63, 3.8) is 0 Å². The van der Waals surface area contributed by atoms with E-state index in [0.717, 1.165) is 30.0 Å². The van der Waals surface area contributed by atoms with Crippen molar-refractivity contribution < 1.29 is 41.8 Å². The molecule has 14 nitrogen and oxygen atoms in total. The van der Waals surface area contributed by atoms with Gasteiger partial charge in [-0.05, 0) is 125 Å². The third-order valence-electron chi connectivity index (χ3n) is 13.3. The largest absolute Gasteiger partial charge is 0.494 e. The van der Waals surface area contributed by atoms with Crippen molar-refractivity contribution in [3.8, 4) is 11.6 Å². The first-order valence-corrected chi connectivity index (χ1v) is 22.2. The van der Waals surface area contributed by atoms with Crippen LogP contribution in [0.2, 0.25) is 0 Å². The predicted octanol–water partition coefficient (Wildman–Crippen LogP) is 4.76. The Morgan fingerprint density at radius 2 is 1.81 bits per heavy atom. The third kappa shape index (κ3) is 8.05. The monoisotopic (exact) mass is 805 g/mol. The summed E-state index contributed by atoms with van der Waals surface area (Å²) in [6.45, 7) is 8.06. The molecule has 4 amide bonds. The fourth-order valence-electron chi connectivity index (χ4n) is 9.30. The van der Waals surface area contributed by atoms with Gasteiger partial charge in [-0.25, -0.2) is 18.2 Å². The van der Waals surface area contributed by atoms with Gasteiger partial charge in [0.2, 0.25) is 27.7 Å². The van der Waals surface area contributed by atoms with E-state index in [9.17, 15) is 27.6 Å². The summed E-state index contributed by atoms with van der Waals surface area (Å²) in [5, 5.41) is 7.41. The maximum atomic E-state index is 14.9. The lowest BCUT2D eigenvalue weighted by molar-refractivity contribution is -0.142. The van der Waals surface area contributed by atoms with Crippen LogP contribution in [-0.2, 0) is 29.1 Å². The first kappa shape index (κ1) is 39.4. The Kier molecular flexibility index (Phi) is 10.4. The van der Waals surface area contributed by atoms with Crippen molar-refractivity contribution in [3.05, 3.63) is 42.6 Å². The molecule has 0 radical (unpaired) electrons. The van der Waals surface area contributed by atoms with Crippen molar-refractivity contribution >= 4 is 44.6 Å². The quantitative estimate of drug-likeness (QED) is 0.299. The number of pyridine rings is 1. The molecule has 4 aliphatic carbocycles. The highest BCUT2D eigenvalue weighted by Gasteiger charge is 2.63. The van der Waals surface area contributed by atoms with Crippen LogP contribution in [0.25, 0.3) is 10.8 Å². The average Bonchev–Trinajstić information content (AvgIpc) is 4.12. The van der Waals surface area contributed by atoms with E-state index in [1.807, 2.05) is 50.3 Å². The Hall–Kier alpha value is -4.40. The second-order valence-electron chi connectivity index (χ2n) is 17.8. The number of allylic oxidation sites excluding steroid dienone is 1. The van der Waals surface area contributed by atoms with Crippen LogP contribution < -0.4 is 24.8 Å². The topological polar surface area (TPSA) is 182 Å². The number of aromatic nitrogens is 1. The van der Waals surface area contributed by atoms with E-state index in [4.69, 9.17) is 14.2 Å². The molecule has 1 aromatic heterocycles. The fourth-order valence-corrected chi connectivity index (χ4v) is 10.6. The zero-order valence-electron chi connectivity index (χ0n) is 33.2. The Labute approximate surface area is 334 Å². The highest BCUT2D eigenvalue weighted by atomic mass is 32.2. The molecular formula is C42H55N5O9S. The first-order chi connectivity index (χ1) is 27.2. The van der Waals surface area contributed by atoms with Crippen LogP contribution in [0.15, 0.2) is 42.6 Å². The standard InChI is InChI=1S/C42H55N5O9S/c1-5-54-30-10-11-33-26(18-30)12-15-43-37(33)55-32-21-34-36(48)45-42(39(50)46-57(52,53)41(4)13-14-41)22-29(42)9-7-6-8-24(2)16-25(3)35(38(49)47(34)23-32)44-40(51)56-31-19-27-17-28(27)20-31/h7,9-12,15,18,24-25,27-29,31-32,34-35H,5-6,8,13-14,16-17,19-23H2,1-4H3,(H,44,51)(H,45,48)(H,46,50)/b9-7-/t24-,25-,27-,28+,29?,31?,32-,34+,35+,42-/m1/s1. The maximum Gasteiger partial charge on any atom is 0.408 e. The van der Waals surface area contributed by atoms with Crippen molar-refractivity contribution in [2.75, 3.05) is 13.2 Å². The van der Waals surface area contributed by atoms with E-state index in [1.165, 1.54) is 11.3 Å². The number of carbonyl (C=O) groups excluding carboxylic acids is 4. The number of amides is 4. The molecule has 8 rings (SSSR count). The number of hydrogen-bond donors (Lipinski definition) is 3. The smallest absolute Gasteiger partial charge is 0.408 e. The molecule has 57 heavy (non-hydrogen) atoms. The summed E-state index contributed by atoms with van der Waals surface area (Å²) >= 11 is 0. The van der Waals surface area contributed by atoms with Gasteiger partial charge in [0.15, 0.2) is 0 Å². The Balaban J connectivity index is 1.09. The van der Waals surface area contributed by atoms with E-state index in [2.05, 4.69) is 27.3 Å². The summed E-state index contributed by atoms with van der Waals surface area (Å²) in [5.74, 6) is -0.184. The molecule has 15 heteroatoms. The molecule has 0 spiro atoms. The van der Waals surface area contributed by atoms with Crippen molar-refractivity contribution in [2.24, 2.45) is 29.6 Å². The number of ether oxygens (including phenoxy) is 3.